The van der Waals surface area contributed by atoms with Crippen LogP contribution in [-0.2, 0) is 17.7 Å². The third-order valence-corrected chi connectivity index (χ3v) is 6.79. The zero-order valence-electron chi connectivity index (χ0n) is 22.2. The molecule has 3 aromatic carbocycles. The SMILES string of the molecule is COC(N)=NC=Nc1ccc(C(=O)NC2CCc3c(C(=O)O)c4cc(C)ccc4n3C2)c(Cl)c1.c1ccccc1. The van der Waals surface area contributed by atoms with Crippen molar-refractivity contribution >= 4 is 52.4 Å². The second-order valence-corrected chi connectivity index (χ2v) is 9.61. The molecular weight excluding hydrogens is 530 g/mol. The Morgan fingerprint density at radius 3 is 2.45 bits per heavy atom. The van der Waals surface area contributed by atoms with E-state index in [4.69, 9.17) is 22.1 Å². The Balaban J connectivity index is 0.000000546. The molecule has 0 aliphatic carbocycles. The summed E-state index contributed by atoms with van der Waals surface area (Å²) in [7, 11) is 1.40. The van der Waals surface area contributed by atoms with Gasteiger partial charge in [-0.05, 0) is 50.1 Å². The van der Waals surface area contributed by atoms with Crippen LogP contribution in [0.5, 0.6) is 0 Å². The van der Waals surface area contributed by atoms with Gasteiger partial charge in [0.15, 0.2) is 0 Å². The highest BCUT2D eigenvalue weighted by atomic mass is 35.5. The lowest BCUT2D eigenvalue weighted by molar-refractivity contribution is 0.0696. The van der Waals surface area contributed by atoms with E-state index in [-0.39, 0.29) is 23.0 Å². The topological polar surface area (TPSA) is 131 Å². The van der Waals surface area contributed by atoms with Crippen LogP contribution in [0, 0.1) is 6.92 Å². The first-order chi connectivity index (χ1) is 19.3. The number of aryl methyl sites for hydroxylation is 1. The molecule has 1 unspecified atom stereocenters. The molecule has 1 amide bonds. The maximum Gasteiger partial charge on any atom is 0.338 e. The number of carbonyl (C=O) groups is 2. The van der Waals surface area contributed by atoms with E-state index >= 15 is 0 Å². The Bertz CT molecular complexity index is 1550. The quantitative estimate of drug-likeness (QED) is 0.224. The third kappa shape index (κ3) is 6.68. The number of nitrogens with one attached hydrogen (secondary N) is 1. The minimum absolute atomic E-state index is 0.0254. The molecule has 9 nitrogen and oxygen atoms in total. The number of hydrogen-bond donors (Lipinski definition) is 3. The lowest BCUT2D eigenvalue weighted by Crippen LogP contribution is -2.41. The monoisotopic (exact) mass is 559 g/mol. The van der Waals surface area contributed by atoms with E-state index in [2.05, 4.69) is 15.3 Å². The first-order valence-electron chi connectivity index (χ1n) is 12.6. The number of methoxy groups -OCH3 is 1. The summed E-state index contributed by atoms with van der Waals surface area (Å²) in [5.74, 6) is -1.24. The van der Waals surface area contributed by atoms with Crippen molar-refractivity contribution in [3.8, 4) is 0 Å². The summed E-state index contributed by atoms with van der Waals surface area (Å²) >= 11 is 6.33. The number of carboxylic acids is 1. The number of ether oxygens (including phenoxy) is 1. The molecule has 0 fully saturated rings. The van der Waals surface area contributed by atoms with Crippen LogP contribution in [0.4, 0.5) is 5.69 Å². The van der Waals surface area contributed by atoms with Crippen molar-refractivity contribution in [3.05, 3.63) is 100 Å². The number of hydrogen-bond acceptors (Lipinski definition) is 4. The molecule has 4 aromatic rings. The molecule has 0 saturated heterocycles. The van der Waals surface area contributed by atoms with E-state index in [1.54, 1.807) is 18.2 Å². The predicted octanol–water partition coefficient (Wildman–Crippen LogP) is 5.35. The Labute approximate surface area is 237 Å². The Morgan fingerprint density at radius 1 is 1.12 bits per heavy atom. The predicted molar refractivity (Wildman–Crippen MR) is 158 cm³/mol. The molecule has 0 bridgehead atoms. The van der Waals surface area contributed by atoms with Gasteiger partial charge >= 0.3 is 5.97 Å². The molecule has 206 valence electrons. The van der Waals surface area contributed by atoms with Crippen LogP contribution >= 0.6 is 11.6 Å². The largest absolute Gasteiger partial charge is 0.478 e. The second kappa shape index (κ2) is 12.9. The number of halogens is 1. The van der Waals surface area contributed by atoms with Crippen molar-refractivity contribution in [1.82, 2.24) is 9.88 Å². The summed E-state index contributed by atoms with van der Waals surface area (Å²) in [6, 6.07) is 22.4. The zero-order valence-corrected chi connectivity index (χ0v) is 22.9. The molecule has 1 atom stereocenters. The molecular formula is C30H30ClN5O4. The van der Waals surface area contributed by atoms with Gasteiger partial charge in [-0.15, -0.1) is 0 Å². The fraction of sp³-hybridized carbons (Fsp3) is 0.200. The lowest BCUT2D eigenvalue weighted by atomic mass is 10.0. The van der Waals surface area contributed by atoms with Crippen molar-refractivity contribution in [2.24, 2.45) is 15.7 Å². The normalized spacial score (nSPS) is 14.8. The number of nitrogens with zero attached hydrogens (tertiary/aromatic N) is 3. The van der Waals surface area contributed by atoms with Crippen LogP contribution in [0.1, 0.15) is 38.4 Å². The van der Waals surface area contributed by atoms with Gasteiger partial charge in [-0.25, -0.2) is 9.79 Å². The van der Waals surface area contributed by atoms with Crippen molar-refractivity contribution in [2.45, 2.75) is 32.4 Å². The second-order valence-electron chi connectivity index (χ2n) is 9.20. The zero-order chi connectivity index (χ0) is 28.6. The third-order valence-electron chi connectivity index (χ3n) is 6.47. The van der Waals surface area contributed by atoms with Crippen molar-refractivity contribution in [1.29, 1.82) is 0 Å². The van der Waals surface area contributed by atoms with Gasteiger partial charge in [0.1, 0.15) is 6.34 Å². The first kappa shape index (κ1) is 28.4. The Hall–Kier alpha value is -4.63. The van der Waals surface area contributed by atoms with E-state index in [1.165, 1.54) is 13.4 Å². The number of fused-ring (bicyclic) bond motifs is 3. The molecule has 10 heteroatoms. The summed E-state index contributed by atoms with van der Waals surface area (Å²) in [5.41, 5.74) is 9.25. The molecule has 0 radical (unpaired) electrons. The molecule has 40 heavy (non-hydrogen) atoms. The standard InChI is InChI=1S/C24H24ClN5O4.C6H6/c1-13-3-7-19-17(9-13)21(23(32)33)20-8-5-15(11-30(19)20)29-22(31)16-6-4-14(10-18(16)25)27-12-28-24(26)34-2;1-2-4-6-5-3-1/h3-4,6-7,9-10,12,15H,5,8,11H2,1-2H3,(H,29,31)(H,32,33)(H2,26,27,28);1-6H. The molecule has 0 spiro atoms. The Morgan fingerprint density at radius 2 is 1.82 bits per heavy atom. The number of amidine groups is 1. The number of aliphatic imine (C=N–C) groups is 2. The minimum atomic E-state index is -0.933. The highest BCUT2D eigenvalue weighted by Crippen LogP contribution is 2.32. The summed E-state index contributed by atoms with van der Waals surface area (Å²) in [5, 5.41) is 13.8. The van der Waals surface area contributed by atoms with Gasteiger partial charge in [0.25, 0.3) is 11.9 Å². The van der Waals surface area contributed by atoms with Crippen molar-refractivity contribution < 1.29 is 19.4 Å². The number of aromatic nitrogens is 1. The Kier molecular flexibility index (Phi) is 9.19. The lowest BCUT2D eigenvalue weighted by Gasteiger charge is -2.27. The molecule has 2 heterocycles. The van der Waals surface area contributed by atoms with Gasteiger partial charge in [0.2, 0.25) is 0 Å². The van der Waals surface area contributed by atoms with Crippen LogP contribution < -0.4 is 11.1 Å². The summed E-state index contributed by atoms with van der Waals surface area (Å²) in [4.78, 5) is 32.8. The molecule has 1 aliphatic rings. The van der Waals surface area contributed by atoms with E-state index < -0.39 is 5.97 Å². The number of aromatic carboxylic acids is 1. The number of carboxylic acid groups (broad SMARTS) is 1. The highest BCUT2D eigenvalue weighted by Gasteiger charge is 2.29. The van der Waals surface area contributed by atoms with E-state index in [1.807, 2.05) is 66.1 Å². The van der Waals surface area contributed by atoms with Gasteiger partial charge in [0.05, 0.1) is 28.9 Å². The smallest absolute Gasteiger partial charge is 0.338 e. The average Bonchev–Trinajstić information content (AvgIpc) is 3.27. The number of nitrogens with two attached hydrogens (primary N) is 1. The van der Waals surface area contributed by atoms with Gasteiger partial charge in [-0.1, -0.05) is 59.6 Å². The molecule has 1 aromatic heterocycles. The van der Waals surface area contributed by atoms with Crippen molar-refractivity contribution in [3.63, 3.8) is 0 Å². The fourth-order valence-corrected chi connectivity index (χ4v) is 4.85. The van der Waals surface area contributed by atoms with E-state index in [0.29, 0.717) is 36.2 Å². The van der Waals surface area contributed by atoms with Gasteiger partial charge in [-0.3, -0.25) is 4.79 Å². The van der Waals surface area contributed by atoms with E-state index in [9.17, 15) is 14.7 Å². The van der Waals surface area contributed by atoms with Crippen LogP contribution in [0.25, 0.3) is 10.9 Å². The van der Waals surface area contributed by atoms with Crippen LogP contribution in [-0.4, -0.2) is 47.1 Å². The fourth-order valence-electron chi connectivity index (χ4n) is 4.59. The summed E-state index contributed by atoms with van der Waals surface area (Å²) in [6.45, 7) is 2.42. The minimum Gasteiger partial charge on any atom is -0.478 e. The molecule has 0 saturated carbocycles. The first-order valence-corrected chi connectivity index (χ1v) is 13.0. The van der Waals surface area contributed by atoms with Crippen LogP contribution in [0.2, 0.25) is 5.02 Å². The molecule has 5 rings (SSSR count). The average molecular weight is 560 g/mol. The van der Waals surface area contributed by atoms with Gasteiger partial charge < -0.3 is 25.5 Å². The van der Waals surface area contributed by atoms with E-state index in [0.717, 1.165) is 22.2 Å². The van der Waals surface area contributed by atoms with Crippen LogP contribution in [0.3, 0.4) is 0 Å². The summed E-state index contributed by atoms with van der Waals surface area (Å²) in [6.07, 6.45) is 2.41. The van der Waals surface area contributed by atoms with Gasteiger partial charge in [-0.2, -0.15) is 4.99 Å². The number of benzene rings is 3. The number of rotatable bonds is 5. The summed E-state index contributed by atoms with van der Waals surface area (Å²) < 4.78 is 6.72. The maximum absolute atomic E-state index is 12.9. The number of amides is 1. The highest BCUT2D eigenvalue weighted by molar-refractivity contribution is 6.34. The molecule has 4 N–H and O–H groups in total. The van der Waals surface area contributed by atoms with Crippen molar-refractivity contribution in [2.75, 3.05) is 7.11 Å². The van der Waals surface area contributed by atoms with Gasteiger partial charge in [0, 0.05) is 29.2 Å². The maximum atomic E-state index is 12.9. The number of carbonyl (C=O) groups excluding carboxylic acids is 1. The van der Waals surface area contributed by atoms with Crippen LogP contribution in [0.15, 0.2) is 82.8 Å². The molecule has 1 aliphatic heterocycles.